The molecule has 2 rings (SSSR count). The number of hydrogen-bond acceptors (Lipinski definition) is 5. The Kier molecular flexibility index (Phi) is 5.51. The van der Waals surface area contributed by atoms with Crippen molar-refractivity contribution in [2.45, 2.75) is 38.8 Å². The van der Waals surface area contributed by atoms with E-state index in [-0.39, 0.29) is 11.9 Å². The van der Waals surface area contributed by atoms with Crippen molar-refractivity contribution in [1.29, 1.82) is 0 Å². The number of nitrogens with zero attached hydrogens (tertiary/aromatic N) is 3. The number of carbonyl (C=O) groups is 1. The predicted molar refractivity (Wildman–Crippen MR) is 81.6 cm³/mol. The number of aromatic nitrogens is 1. The van der Waals surface area contributed by atoms with Crippen molar-refractivity contribution in [3.05, 3.63) is 16.1 Å². The van der Waals surface area contributed by atoms with E-state index in [4.69, 9.17) is 5.73 Å². The number of hydrogen-bond donors (Lipinski definition) is 1. The minimum atomic E-state index is 0.101. The lowest BCUT2D eigenvalue weighted by Gasteiger charge is -2.28. The van der Waals surface area contributed by atoms with Gasteiger partial charge in [0, 0.05) is 43.5 Å². The molecule has 0 saturated carbocycles. The number of aryl methyl sites for hydroxylation is 1. The lowest BCUT2D eigenvalue weighted by Crippen LogP contribution is -2.42. The number of thiazole rings is 1. The number of carbonyl (C=O) groups excluding carboxylic acids is 1. The summed E-state index contributed by atoms with van der Waals surface area (Å²) < 4.78 is 0. The van der Waals surface area contributed by atoms with Gasteiger partial charge in [0.15, 0.2) is 0 Å². The highest BCUT2D eigenvalue weighted by Gasteiger charge is 2.23. The van der Waals surface area contributed by atoms with Gasteiger partial charge >= 0.3 is 0 Å². The molecular weight excluding hydrogens is 272 g/mol. The van der Waals surface area contributed by atoms with Crippen LogP contribution in [-0.4, -0.2) is 53.4 Å². The van der Waals surface area contributed by atoms with Crippen LogP contribution < -0.4 is 5.73 Å². The molecule has 1 aliphatic heterocycles. The summed E-state index contributed by atoms with van der Waals surface area (Å²) in [5.41, 5.74) is 8.80. The van der Waals surface area contributed by atoms with Gasteiger partial charge in [0.2, 0.25) is 5.91 Å². The van der Waals surface area contributed by atoms with Gasteiger partial charge in [-0.1, -0.05) is 0 Å². The second-order valence-corrected chi connectivity index (χ2v) is 6.40. The van der Waals surface area contributed by atoms with Crippen molar-refractivity contribution in [3.63, 3.8) is 0 Å². The SMILES string of the molecule is Cc1ncsc1CN(C)C(CN)CC(=O)N1CCCC1. The third-order valence-electron chi connectivity index (χ3n) is 4.00. The second kappa shape index (κ2) is 7.15. The van der Waals surface area contributed by atoms with Crippen LogP contribution in [0, 0.1) is 6.92 Å². The lowest BCUT2D eigenvalue weighted by molar-refractivity contribution is -0.131. The van der Waals surface area contributed by atoms with Gasteiger partial charge in [-0.25, -0.2) is 4.98 Å². The first-order valence-electron chi connectivity index (χ1n) is 7.19. The molecule has 0 bridgehead atoms. The Morgan fingerprint density at radius 3 is 2.80 bits per heavy atom. The fraction of sp³-hybridized carbons (Fsp3) is 0.714. The van der Waals surface area contributed by atoms with Crippen LogP contribution in [0.3, 0.4) is 0 Å². The molecule has 2 N–H and O–H groups in total. The average molecular weight is 296 g/mol. The first-order valence-corrected chi connectivity index (χ1v) is 8.06. The van der Waals surface area contributed by atoms with E-state index in [1.807, 2.05) is 24.4 Å². The maximum absolute atomic E-state index is 12.2. The molecule has 1 aromatic heterocycles. The second-order valence-electron chi connectivity index (χ2n) is 5.46. The minimum Gasteiger partial charge on any atom is -0.343 e. The van der Waals surface area contributed by atoms with E-state index in [0.717, 1.165) is 38.2 Å². The van der Waals surface area contributed by atoms with Gasteiger partial charge in [-0.05, 0) is 26.8 Å². The van der Waals surface area contributed by atoms with Gasteiger partial charge in [-0.15, -0.1) is 11.3 Å². The molecule has 0 spiro atoms. The molecule has 112 valence electrons. The zero-order chi connectivity index (χ0) is 14.5. The van der Waals surface area contributed by atoms with Gasteiger partial charge < -0.3 is 10.6 Å². The van der Waals surface area contributed by atoms with Gasteiger partial charge in [-0.2, -0.15) is 0 Å². The van der Waals surface area contributed by atoms with Crippen LogP contribution >= 0.6 is 11.3 Å². The molecule has 2 heterocycles. The first-order chi connectivity index (χ1) is 9.61. The summed E-state index contributed by atoms with van der Waals surface area (Å²) in [6.45, 7) is 5.16. The monoisotopic (exact) mass is 296 g/mol. The van der Waals surface area contributed by atoms with E-state index >= 15 is 0 Å². The minimum absolute atomic E-state index is 0.101. The predicted octanol–water partition coefficient (Wildman–Crippen LogP) is 1.22. The largest absolute Gasteiger partial charge is 0.343 e. The third-order valence-corrected chi connectivity index (χ3v) is 4.92. The smallest absolute Gasteiger partial charge is 0.224 e. The summed E-state index contributed by atoms with van der Waals surface area (Å²) in [5, 5.41) is 0. The highest BCUT2D eigenvalue weighted by Crippen LogP contribution is 2.17. The molecule has 1 fully saturated rings. The summed E-state index contributed by atoms with van der Waals surface area (Å²) in [5.74, 6) is 0.242. The maximum Gasteiger partial charge on any atom is 0.224 e. The summed E-state index contributed by atoms with van der Waals surface area (Å²) in [7, 11) is 2.04. The normalized spacial score (nSPS) is 16.9. The topological polar surface area (TPSA) is 62.5 Å². The number of likely N-dealkylation sites (tertiary alicyclic amines) is 1. The van der Waals surface area contributed by atoms with Crippen LogP contribution in [0.25, 0.3) is 0 Å². The molecule has 0 aromatic carbocycles. The van der Waals surface area contributed by atoms with Gasteiger partial charge in [0.05, 0.1) is 11.2 Å². The molecular formula is C14H24N4OS. The zero-order valence-electron chi connectivity index (χ0n) is 12.3. The van der Waals surface area contributed by atoms with Gasteiger partial charge in [0.25, 0.3) is 0 Å². The van der Waals surface area contributed by atoms with Crippen LogP contribution in [0.15, 0.2) is 5.51 Å². The summed E-state index contributed by atoms with van der Waals surface area (Å²) >= 11 is 1.66. The molecule has 20 heavy (non-hydrogen) atoms. The molecule has 0 radical (unpaired) electrons. The average Bonchev–Trinajstić information content (AvgIpc) is 3.08. The molecule has 5 nitrogen and oxygen atoms in total. The fourth-order valence-electron chi connectivity index (χ4n) is 2.55. The van der Waals surface area contributed by atoms with E-state index in [2.05, 4.69) is 9.88 Å². The van der Waals surface area contributed by atoms with Crippen LogP contribution in [0.5, 0.6) is 0 Å². The number of rotatable bonds is 6. The standard InChI is InChI=1S/C14H24N4OS/c1-11-13(20-10-16-11)9-17(2)12(8-15)7-14(19)18-5-3-4-6-18/h10,12H,3-9,15H2,1-2H3. The van der Waals surface area contributed by atoms with E-state index in [9.17, 15) is 4.79 Å². The van der Waals surface area contributed by atoms with Crippen molar-refractivity contribution in [1.82, 2.24) is 14.8 Å². The Hall–Kier alpha value is -0.980. The number of likely N-dealkylation sites (N-methyl/N-ethyl adjacent to an activating group) is 1. The lowest BCUT2D eigenvalue weighted by atomic mass is 10.1. The summed E-state index contributed by atoms with van der Waals surface area (Å²) in [6, 6.07) is 0.101. The molecule has 1 unspecified atom stereocenters. The van der Waals surface area contributed by atoms with E-state index < -0.39 is 0 Å². The van der Waals surface area contributed by atoms with Crippen molar-refractivity contribution in [2.75, 3.05) is 26.7 Å². The number of amides is 1. The van der Waals surface area contributed by atoms with Crippen LogP contribution in [0.2, 0.25) is 0 Å². The van der Waals surface area contributed by atoms with Gasteiger partial charge in [0.1, 0.15) is 0 Å². The highest BCUT2D eigenvalue weighted by atomic mass is 32.1. The quantitative estimate of drug-likeness (QED) is 0.857. The van der Waals surface area contributed by atoms with E-state index in [0.29, 0.717) is 13.0 Å². The van der Waals surface area contributed by atoms with Crippen LogP contribution in [0.4, 0.5) is 0 Å². The Morgan fingerprint density at radius 1 is 1.55 bits per heavy atom. The van der Waals surface area contributed by atoms with E-state index in [1.54, 1.807) is 11.3 Å². The highest BCUT2D eigenvalue weighted by molar-refractivity contribution is 7.09. The summed E-state index contributed by atoms with van der Waals surface area (Å²) in [4.78, 5) is 21.9. The zero-order valence-corrected chi connectivity index (χ0v) is 13.2. The molecule has 1 aromatic rings. The van der Waals surface area contributed by atoms with E-state index in [1.165, 1.54) is 4.88 Å². The Balaban J connectivity index is 1.90. The van der Waals surface area contributed by atoms with Crippen molar-refractivity contribution < 1.29 is 4.79 Å². The maximum atomic E-state index is 12.2. The molecule has 1 atom stereocenters. The fourth-order valence-corrected chi connectivity index (χ4v) is 3.39. The number of nitrogens with two attached hydrogens (primary N) is 1. The Labute approximate surface area is 124 Å². The molecule has 0 aliphatic carbocycles. The van der Waals surface area contributed by atoms with Gasteiger partial charge in [-0.3, -0.25) is 9.69 Å². The third kappa shape index (κ3) is 3.77. The molecule has 1 amide bonds. The Bertz CT molecular complexity index is 442. The van der Waals surface area contributed by atoms with Crippen LogP contribution in [-0.2, 0) is 11.3 Å². The summed E-state index contributed by atoms with van der Waals surface area (Å²) in [6.07, 6.45) is 2.79. The van der Waals surface area contributed by atoms with Crippen molar-refractivity contribution in [3.8, 4) is 0 Å². The first kappa shape index (κ1) is 15.4. The molecule has 1 saturated heterocycles. The molecule has 1 aliphatic rings. The van der Waals surface area contributed by atoms with Crippen molar-refractivity contribution in [2.24, 2.45) is 5.73 Å². The van der Waals surface area contributed by atoms with Crippen molar-refractivity contribution >= 4 is 17.2 Å². The van der Waals surface area contributed by atoms with Crippen LogP contribution in [0.1, 0.15) is 29.8 Å². The Morgan fingerprint density at radius 2 is 2.25 bits per heavy atom. The molecule has 6 heteroatoms.